The van der Waals surface area contributed by atoms with Crippen LogP contribution in [0.5, 0.6) is 0 Å². The van der Waals surface area contributed by atoms with E-state index in [2.05, 4.69) is 81.4 Å². The lowest BCUT2D eigenvalue weighted by molar-refractivity contribution is -0.135. The molecule has 2 aromatic carbocycles. The summed E-state index contributed by atoms with van der Waals surface area (Å²) in [5.41, 5.74) is 1.54. The Bertz CT molecular complexity index is 980. The van der Waals surface area contributed by atoms with Gasteiger partial charge in [0.25, 0.3) is 10.1 Å². The minimum Gasteiger partial charge on any atom is -0.417 e. The molecule has 0 spiro atoms. The maximum absolute atomic E-state index is 11.8. The fourth-order valence-corrected chi connectivity index (χ4v) is 7.62. The van der Waals surface area contributed by atoms with Crippen LogP contribution in [0, 0.1) is 10.8 Å². The van der Waals surface area contributed by atoms with E-state index in [9.17, 15) is 8.42 Å². The molecule has 3 rings (SSSR count). The van der Waals surface area contributed by atoms with Crippen LogP contribution >= 0.6 is 0 Å². The van der Waals surface area contributed by atoms with Crippen molar-refractivity contribution < 1.29 is 17.0 Å². The zero-order chi connectivity index (χ0) is 24.2. The van der Waals surface area contributed by atoms with Crippen molar-refractivity contribution in [1.29, 1.82) is 0 Å². The lowest BCUT2D eigenvalue weighted by Gasteiger charge is -2.59. The summed E-state index contributed by atoms with van der Waals surface area (Å²) >= 11 is 0. The average molecular weight is 489 g/mol. The SMILES string of the molecule is CC(C)(C)C(c1ccccc1)C(O[SiH3])(c1ccccc1)C1(CCOS(C)(=O)=O)CCCCC1. The van der Waals surface area contributed by atoms with Crippen molar-refractivity contribution in [3.05, 3.63) is 71.8 Å². The van der Waals surface area contributed by atoms with E-state index in [1.54, 1.807) is 0 Å². The average Bonchev–Trinajstić information content (AvgIpc) is 2.77. The molecule has 1 aliphatic carbocycles. The lowest BCUT2D eigenvalue weighted by Crippen LogP contribution is -2.56. The molecule has 1 fully saturated rings. The van der Waals surface area contributed by atoms with Gasteiger partial charge in [-0.2, -0.15) is 8.42 Å². The number of rotatable bonds is 9. The molecule has 33 heavy (non-hydrogen) atoms. The Morgan fingerprint density at radius 2 is 1.48 bits per heavy atom. The Morgan fingerprint density at radius 3 is 1.97 bits per heavy atom. The minimum atomic E-state index is -3.50. The zero-order valence-electron chi connectivity index (χ0n) is 20.8. The van der Waals surface area contributed by atoms with E-state index in [0.29, 0.717) is 16.9 Å². The molecule has 0 aliphatic heterocycles. The van der Waals surface area contributed by atoms with Crippen molar-refractivity contribution in [3.8, 4) is 0 Å². The molecule has 4 nitrogen and oxygen atoms in total. The fourth-order valence-electron chi connectivity index (χ4n) is 6.33. The number of benzene rings is 2. The molecule has 182 valence electrons. The molecular weight excluding hydrogens is 448 g/mol. The van der Waals surface area contributed by atoms with Gasteiger partial charge in [0.2, 0.25) is 0 Å². The fraction of sp³-hybridized carbons (Fsp3) is 0.556. The van der Waals surface area contributed by atoms with E-state index >= 15 is 0 Å². The molecule has 0 amide bonds. The normalized spacial score (nSPS) is 19.6. The van der Waals surface area contributed by atoms with E-state index < -0.39 is 15.7 Å². The van der Waals surface area contributed by atoms with E-state index in [1.807, 2.05) is 0 Å². The quantitative estimate of drug-likeness (QED) is 0.354. The van der Waals surface area contributed by atoms with Crippen LogP contribution in [0.2, 0.25) is 0 Å². The van der Waals surface area contributed by atoms with Gasteiger partial charge in [-0.15, -0.1) is 0 Å². The van der Waals surface area contributed by atoms with Crippen molar-refractivity contribution in [2.75, 3.05) is 12.9 Å². The summed E-state index contributed by atoms with van der Waals surface area (Å²) in [5, 5.41) is 0. The molecular formula is C27H40O4SSi. The topological polar surface area (TPSA) is 52.6 Å². The zero-order valence-corrected chi connectivity index (χ0v) is 23.7. The van der Waals surface area contributed by atoms with Gasteiger partial charge < -0.3 is 4.43 Å². The van der Waals surface area contributed by atoms with Crippen molar-refractivity contribution >= 4 is 20.6 Å². The summed E-state index contributed by atoms with van der Waals surface area (Å²) in [6.45, 7) is 7.08. The third-order valence-electron chi connectivity index (χ3n) is 7.41. The minimum absolute atomic E-state index is 0.0856. The molecule has 0 radical (unpaired) electrons. The summed E-state index contributed by atoms with van der Waals surface area (Å²) in [6.07, 6.45) is 7.21. The van der Waals surface area contributed by atoms with Crippen LogP contribution in [0.25, 0.3) is 0 Å². The van der Waals surface area contributed by atoms with Gasteiger partial charge in [0, 0.05) is 11.3 Å². The van der Waals surface area contributed by atoms with Gasteiger partial charge in [-0.25, -0.2) is 0 Å². The van der Waals surface area contributed by atoms with Gasteiger partial charge in [0.05, 0.1) is 18.5 Å². The van der Waals surface area contributed by atoms with Gasteiger partial charge in [0.1, 0.15) is 10.5 Å². The van der Waals surface area contributed by atoms with E-state index in [0.717, 1.165) is 31.9 Å². The molecule has 2 aromatic rings. The van der Waals surface area contributed by atoms with E-state index in [1.165, 1.54) is 17.5 Å². The number of hydrogen-bond acceptors (Lipinski definition) is 4. The molecule has 2 unspecified atom stereocenters. The molecule has 0 heterocycles. The van der Waals surface area contributed by atoms with Crippen LogP contribution in [0.15, 0.2) is 60.7 Å². The first kappa shape index (κ1) is 26.1. The van der Waals surface area contributed by atoms with Crippen molar-refractivity contribution in [3.63, 3.8) is 0 Å². The maximum atomic E-state index is 11.8. The third kappa shape index (κ3) is 5.61. The first-order chi connectivity index (χ1) is 15.6. The number of hydrogen-bond donors (Lipinski definition) is 0. The second-order valence-corrected chi connectivity index (χ2v) is 12.7. The Labute approximate surface area is 203 Å². The van der Waals surface area contributed by atoms with Crippen molar-refractivity contribution in [2.45, 2.75) is 70.8 Å². The Hall–Kier alpha value is -1.47. The molecule has 0 bridgehead atoms. The van der Waals surface area contributed by atoms with E-state index in [-0.39, 0.29) is 23.4 Å². The predicted molar refractivity (Wildman–Crippen MR) is 139 cm³/mol. The molecule has 6 heteroatoms. The van der Waals surface area contributed by atoms with Crippen LogP contribution in [-0.4, -0.2) is 31.8 Å². The van der Waals surface area contributed by atoms with Gasteiger partial charge in [-0.3, -0.25) is 4.18 Å². The highest BCUT2D eigenvalue weighted by Crippen LogP contribution is 2.63. The predicted octanol–water partition coefficient (Wildman–Crippen LogP) is 5.33. The smallest absolute Gasteiger partial charge is 0.264 e. The van der Waals surface area contributed by atoms with E-state index in [4.69, 9.17) is 8.61 Å². The summed E-state index contributed by atoms with van der Waals surface area (Å²) in [5.74, 6) is 0.0856. The largest absolute Gasteiger partial charge is 0.417 e. The van der Waals surface area contributed by atoms with Crippen LogP contribution in [0.1, 0.15) is 76.3 Å². The van der Waals surface area contributed by atoms with Gasteiger partial charge >= 0.3 is 0 Å². The summed E-state index contributed by atoms with van der Waals surface area (Å²) in [7, 11) is -2.93. The molecule has 0 N–H and O–H groups in total. The van der Waals surface area contributed by atoms with Gasteiger partial charge in [-0.1, -0.05) is 101 Å². The molecule has 2 atom stereocenters. The van der Waals surface area contributed by atoms with Gasteiger partial charge in [-0.05, 0) is 35.8 Å². The molecule has 1 aliphatic rings. The molecule has 0 saturated heterocycles. The van der Waals surface area contributed by atoms with Crippen LogP contribution in [0.4, 0.5) is 0 Å². The monoisotopic (exact) mass is 488 g/mol. The van der Waals surface area contributed by atoms with Crippen LogP contribution < -0.4 is 0 Å². The van der Waals surface area contributed by atoms with Crippen LogP contribution in [-0.2, 0) is 24.3 Å². The first-order valence-corrected chi connectivity index (χ1v) is 14.7. The first-order valence-electron chi connectivity index (χ1n) is 12.1. The van der Waals surface area contributed by atoms with Gasteiger partial charge in [0.15, 0.2) is 0 Å². The van der Waals surface area contributed by atoms with Crippen LogP contribution in [0.3, 0.4) is 0 Å². The Morgan fingerprint density at radius 1 is 0.939 bits per heavy atom. The molecule has 1 saturated carbocycles. The maximum Gasteiger partial charge on any atom is 0.264 e. The molecule has 0 aromatic heterocycles. The second-order valence-electron chi connectivity index (χ2n) is 10.6. The highest BCUT2D eigenvalue weighted by molar-refractivity contribution is 7.85. The Balaban J connectivity index is 2.28. The second kappa shape index (κ2) is 10.4. The standard InChI is InChI=1S/C27H40O4SSi/c1-25(2,3)24(22-14-8-5-9-15-22)27(31-33,23-16-10-6-11-17-23)26(18-12-7-13-19-26)20-21-30-32(4,28)29/h5-6,8-11,14-17,24H,7,12-13,18-21H2,1-4,33H3. The Kier molecular flexibility index (Phi) is 8.26. The summed E-state index contributed by atoms with van der Waals surface area (Å²) < 4.78 is 35.9. The van der Waals surface area contributed by atoms with Crippen molar-refractivity contribution in [1.82, 2.24) is 0 Å². The summed E-state index contributed by atoms with van der Waals surface area (Å²) in [6, 6.07) is 21.4. The lowest BCUT2D eigenvalue weighted by atomic mass is 9.50. The van der Waals surface area contributed by atoms with Crippen molar-refractivity contribution in [2.24, 2.45) is 10.8 Å². The highest BCUT2D eigenvalue weighted by Gasteiger charge is 2.59. The highest BCUT2D eigenvalue weighted by atomic mass is 32.2. The third-order valence-corrected chi connectivity index (χ3v) is 8.65. The summed E-state index contributed by atoms with van der Waals surface area (Å²) in [4.78, 5) is 0.